The highest BCUT2D eigenvalue weighted by atomic mass is 16.6. The van der Waals surface area contributed by atoms with Crippen molar-refractivity contribution in [1.29, 1.82) is 5.26 Å². The Labute approximate surface area is 230 Å². The summed E-state index contributed by atoms with van der Waals surface area (Å²) in [4.78, 5) is 41.5. The normalized spacial score (nSPS) is 33.8. The second-order valence-electron chi connectivity index (χ2n) is 13.4. The molecule has 1 saturated heterocycles. The Bertz CT molecular complexity index is 1140. The van der Waals surface area contributed by atoms with Crippen LogP contribution >= 0.6 is 0 Å². The number of nitrogens with zero attached hydrogens (tertiary/aromatic N) is 2. The van der Waals surface area contributed by atoms with Gasteiger partial charge < -0.3 is 25.4 Å². The molecular weight excluding hydrogens is 496 g/mol. The number of ether oxygens (including phenoxy) is 1. The molecule has 5 fully saturated rings. The summed E-state index contributed by atoms with van der Waals surface area (Å²) >= 11 is 0. The Morgan fingerprint density at radius 1 is 1.13 bits per heavy atom. The van der Waals surface area contributed by atoms with E-state index in [9.17, 15) is 24.8 Å². The van der Waals surface area contributed by atoms with Crippen LogP contribution in [0.4, 0.5) is 4.79 Å². The molecule has 210 valence electrons. The Balaban J connectivity index is 1.35. The van der Waals surface area contributed by atoms with Crippen LogP contribution in [-0.2, 0) is 20.7 Å². The van der Waals surface area contributed by atoms with Gasteiger partial charge in [0.15, 0.2) is 0 Å². The summed E-state index contributed by atoms with van der Waals surface area (Å²) in [7, 11) is 0. The Morgan fingerprint density at radius 2 is 1.79 bits per heavy atom. The minimum atomic E-state index is -0.917. The standard InChI is InChI=1S/C30H40N4O5/c1-28(2,3)39-27(37)33-25(29-12-20-9-21(13-29)15-30(38,14-20)18-29)26(36)34-17-22(11-23(34)16-31)32-24(35)10-19-7-5-4-6-8-19/h4-8,20-23,25,38H,9-15,17-18H2,1-3H3,(H,32,35)(H,33,37)/t20?,21?,22-,23-,25+,29?,30?/m0/s1. The summed E-state index contributed by atoms with van der Waals surface area (Å²) in [6.07, 6.45) is 4.32. The van der Waals surface area contributed by atoms with Gasteiger partial charge in [0.05, 0.1) is 18.1 Å². The molecule has 5 atom stereocenters. The zero-order valence-corrected chi connectivity index (χ0v) is 23.1. The summed E-state index contributed by atoms with van der Waals surface area (Å²) in [6, 6.07) is 9.65. The zero-order chi connectivity index (χ0) is 28.0. The quantitative estimate of drug-likeness (QED) is 0.512. The highest BCUT2D eigenvalue weighted by Crippen LogP contribution is 2.63. The Morgan fingerprint density at radius 3 is 2.38 bits per heavy atom. The number of rotatable bonds is 6. The second-order valence-corrected chi connectivity index (χ2v) is 13.4. The van der Waals surface area contributed by atoms with Crippen LogP contribution in [-0.4, -0.2) is 63.8 Å². The van der Waals surface area contributed by atoms with Gasteiger partial charge in [0.1, 0.15) is 17.7 Å². The smallest absolute Gasteiger partial charge is 0.408 e. The highest BCUT2D eigenvalue weighted by molar-refractivity contribution is 5.88. The van der Waals surface area contributed by atoms with E-state index in [0.717, 1.165) is 37.7 Å². The molecule has 0 aromatic heterocycles. The number of benzene rings is 1. The van der Waals surface area contributed by atoms with E-state index in [-0.39, 0.29) is 30.8 Å². The van der Waals surface area contributed by atoms with Crippen molar-refractivity contribution in [3.05, 3.63) is 35.9 Å². The van der Waals surface area contributed by atoms with Crippen LogP contribution in [0.1, 0.15) is 71.3 Å². The van der Waals surface area contributed by atoms with Crippen LogP contribution in [0, 0.1) is 28.6 Å². The molecule has 1 aromatic carbocycles. The molecule has 4 saturated carbocycles. The van der Waals surface area contributed by atoms with Crippen molar-refractivity contribution in [2.45, 2.75) is 101 Å². The number of likely N-dealkylation sites (tertiary alicyclic amines) is 1. The van der Waals surface area contributed by atoms with Crippen molar-refractivity contribution >= 4 is 17.9 Å². The third-order valence-corrected chi connectivity index (χ3v) is 8.90. The van der Waals surface area contributed by atoms with Gasteiger partial charge >= 0.3 is 6.09 Å². The van der Waals surface area contributed by atoms with E-state index in [1.54, 1.807) is 20.8 Å². The van der Waals surface area contributed by atoms with Crippen LogP contribution in [0.3, 0.4) is 0 Å². The molecule has 1 aromatic rings. The van der Waals surface area contributed by atoms with E-state index in [2.05, 4.69) is 16.7 Å². The first-order chi connectivity index (χ1) is 18.4. The molecule has 9 heteroatoms. The number of hydrogen-bond acceptors (Lipinski definition) is 6. The van der Waals surface area contributed by atoms with Gasteiger partial charge in [-0.05, 0) is 76.7 Å². The molecule has 9 nitrogen and oxygen atoms in total. The van der Waals surface area contributed by atoms with E-state index in [1.165, 1.54) is 4.90 Å². The van der Waals surface area contributed by atoms with Gasteiger partial charge in [0, 0.05) is 24.4 Å². The fourth-order valence-corrected chi connectivity index (χ4v) is 8.06. The fraction of sp³-hybridized carbons (Fsp3) is 0.667. The van der Waals surface area contributed by atoms with E-state index in [0.29, 0.717) is 24.7 Å². The van der Waals surface area contributed by atoms with Crippen molar-refractivity contribution in [2.75, 3.05) is 6.54 Å². The lowest BCUT2D eigenvalue weighted by Gasteiger charge is -2.62. The lowest BCUT2D eigenvalue weighted by atomic mass is 9.46. The molecule has 0 radical (unpaired) electrons. The van der Waals surface area contributed by atoms with Crippen molar-refractivity contribution in [3.63, 3.8) is 0 Å². The van der Waals surface area contributed by atoms with E-state index < -0.39 is 34.8 Å². The Hall–Kier alpha value is -3.12. The number of carbonyl (C=O) groups excluding carboxylic acids is 3. The monoisotopic (exact) mass is 536 g/mol. The fourth-order valence-electron chi connectivity index (χ4n) is 8.06. The molecule has 2 unspecified atom stereocenters. The van der Waals surface area contributed by atoms with Gasteiger partial charge in [-0.1, -0.05) is 30.3 Å². The average Bonchev–Trinajstić information content (AvgIpc) is 3.22. The number of nitrogens with one attached hydrogen (secondary N) is 2. The van der Waals surface area contributed by atoms with Gasteiger partial charge in [-0.15, -0.1) is 0 Å². The molecule has 39 heavy (non-hydrogen) atoms. The molecule has 4 bridgehead atoms. The first kappa shape index (κ1) is 27.4. The van der Waals surface area contributed by atoms with Crippen molar-refractivity contribution < 1.29 is 24.2 Å². The third kappa shape index (κ3) is 5.91. The molecule has 3 N–H and O–H groups in total. The van der Waals surface area contributed by atoms with Crippen molar-refractivity contribution in [1.82, 2.24) is 15.5 Å². The maximum Gasteiger partial charge on any atom is 0.408 e. The lowest BCUT2D eigenvalue weighted by Crippen LogP contribution is -2.66. The highest BCUT2D eigenvalue weighted by Gasteiger charge is 2.62. The number of alkyl carbamates (subject to hydrolysis) is 1. The summed E-state index contributed by atoms with van der Waals surface area (Å²) in [5, 5.41) is 27.2. The van der Waals surface area contributed by atoms with E-state index >= 15 is 0 Å². The minimum absolute atomic E-state index is 0.163. The minimum Gasteiger partial charge on any atom is -0.444 e. The number of nitriles is 1. The molecule has 3 amide bonds. The van der Waals surface area contributed by atoms with Crippen LogP contribution in [0.25, 0.3) is 0 Å². The zero-order valence-electron chi connectivity index (χ0n) is 23.1. The van der Waals surface area contributed by atoms with E-state index in [1.807, 2.05) is 30.3 Å². The number of amides is 3. The number of hydrogen-bond donors (Lipinski definition) is 3. The molecular formula is C30H40N4O5. The Kier molecular flexibility index (Phi) is 7.13. The molecule has 1 heterocycles. The maximum absolute atomic E-state index is 14.3. The predicted molar refractivity (Wildman–Crippen MR) is 143 cm³/mol. The summed E-state index contributed by atoms with van der Waals surface area (Å²) < 4.78 is 5.55. The molecule has 5 aliphatic rings. The van der Waals surface area contributed by atoms with E-state index in [4.69, 9.17) is 4.74 Å². The van der Waals surface area contributed by atoms with Crippen molar-refractivity contribution in [2.24, 2.45) is 17.3 Å². The first-order valence-electron chi connectivity index (χ1n) is 14.1. The van der Waals surface area contributed by atoms with Gasteiger partial charge in [-0.2, -0.15) is 5.26 Å². The summed E-state index contributed by atoms with van der Waals surface area (Å²) in [5.41, 5.74) is -1.28. The summed E-state index contributed by atoms with van der Waals surface area (Å²) in [5.74, 6) is 0.117. The number of carbonyl (C=O) groups is 3. The van der Waals surface area contributed by atoms with Crippen molar-refractivity contribution in [3.8, 4) is 6.07 Å². The lowest BCUT2D eigenvalue weighted by molar-refractivity contribution is -0.180. The van der Waals surface area contributed by atoms with Crippen LogP contribution in [0.5, 0.6) is 0 Å². The first-order valence-corrected chi connectivity index (χ1v) is 14.1. The van der Waals surface area contributed by atoms with Crippen LogP contribution in [0.2, 0.25) is 0 Å². The van der Waals surface area contributed by atoms with Gasteiger partial charge in [0.25, 0.3) is 0 Å². The predicted octanol–water partition coefficient (Wildman–Crippen LogP) is 3.06. The second kappa shape index (κ2) is 10.1. The molecule has 4 aliphatic carbocycles. The summed E-state index contributed by atoms with van der Waals surface area (Å²) in [6.45, 7) is 5.50. The largest absolute Gasteiger partial charge is 0.444 e. The molecule has 1 aliphatic heterocycles. The molecule has 0 spiro atoms. The van der Waals surface area contributed by atoms with Gasteiger partial charge in [-0.25, -0.2) is 4.79 Å². The topological polar surface area (TPSA) is 132 Å². The van der Waals surface area contributed by atoms with Gasteiger partial charge in [-0.3, -0.25) is 9.59 Å². The SMILES string of the molecule is CC(C)(C)OC(=O)N[C@H](C(=O)N1C[C@@H](NC(=O)Cc2ccccc2)C[C@H]1C#N)C12CC3CC(CC(O)(C3)C1)C2. The number of aliphatic hydroxyl groups is 1. The average molecular weight is 537 g/mol. The third-order valence-electron chi connectivity index (χ3n) is 8.90. The molecule has 6 rings (SSSR count). The van der Waals surface area contributed by atoms with Crippen LogP contribution in [0.15, 0.2) is 30.3 Å². The maximum atomic E-state index is 14.3. The van der Waals surface area contributed by atoms with Gasteiger partial charge in [0.2, 0.25) is 11.8 Å². The van der Waals surface area contributed by atoms with Crippen LogP contribution < -0.4 is 10.6 Å².